The molecule has 2 aromatic heterocycles. The van der Waals surface area contributed by atoms with Crippen molar-refractivity contribution >= 4 is 17.0 Å². The van der Waals surface area contributed by atoms with Gasteiger partial charge in [-0.25, -0.2) is 14.8 Å². The number of nitrogens with one attached hydrogen (secondary N) is 1. The van der Waals surface area contributed by atoms with Crippen molar-refractivity contribution in [2.45, 2.75) is 32.9 Å². The minimum Gasteiger partial charge on any atom is -0.480 e. The van der Waals surface area contributed by atoms with Gasteiger partial charge in [-0.1, -0.05) is 54.6 Å². The Hall–Kier alpha value is -4.44. The van der Waals surface area contributed by atoms with Crippen LogP contribution in [0.4, 0.5) is 4.79 Å². The van der Waals surface area contributed by atoms with Crippen LogP contribution in [0.2, 0.25) is 0 Å². The van der Waals surface area contributed by atoms with Gasteiger partial charge in [-0.15, -0.1) is 0 Å². The zero-order valence-electron chi connectivity index (χ0n) is 20.1. The van der Waals surface area contributed by atoms with E-state index >= 15 is 0 Å². The third-order valence-electron chi connectivity index (χ3n) is 5.29. The molecule has 176 valence electrons. The SMILES string of the molecule is COc1nccc2nc(-c3ccc(CNC(=O)OC(C)(C)C)cc3)c(-c3ccccc3)c(C#N)c12. The summed E-state index contributed by atoms with van der Waals surface area (Å²) in [7, 11) is 1.53. The van der Waals surface area contributed by atoms with Crippen LogP contribution >= 0.6 is 0 Å². The minimum atomic E-state index is -0.555. The number of nitriles is 1. The highest BCUT2D eigenvalue weighted by Crippen LogP contribution is 2.39. The number of benzene rings is 2. The van der Waals surface area contributed by atoms with Crippen LogP contribution in [0.3, 0.4) is 0 Å². The van der Waals surface area contributed by atoms with E-state index in [0.717, 1.165) is 16.7 Å². The molecule has 0 radical (unpaired) electrons. The standard InChI is InChI=1S/C28H26N4O3/c1-28(2,3)35-27(33)31-17-18-10-12-20(13-11-18)25-23(19-8-6-5-7-9-19)21(16-29)24-22(32-25)14-15-30-26(24)34-4/h5-15H,17H2,1-4H3,(H,31,33). The normalized spacial score (nSPS) is 11.1. The van der Waals surface area contributed by atoms with E-state index in [1.165, 1.54) is 7.11 Å². The lowest BCUT2D eigenvalue weighted by Gasteiger charge is -2.19. The Morgan fingerprint density at radius 3 is 2.37 bits per heavy atom. The van der Waals surface area contributed by atoms with Crippen LogP contribution in [0.15, 0.2) is 66.9 Å². The zero-order chi connectivity index (χ0) is 25.0. The van der Waals surface area contributed by atoms with Gasteiger partial charge in [0.15, 0.2) is 0 Å². The van der Waals surface area contributed by atoms with Crippen molar-refractivity contribution < 1.29 is 14.3 Å². The Kier molecular flexibility index (Phi) is 6.65. The number of nitrogens with zero attached hydrogens (tertiary/aromatic N) is 3. The van der Waals surface area contributed by atoms with E-state index in [2.05, 4.69) is 16.4 Å². The van der Waals surface area contributed by atoms with Crippen LogP contribution in [0.1, 0.15) is 31.9 Å². The fourth-order valence-electron chi connectivity index (χ4n) is 3.81. The molecule has 7 nitrogen and oxygen atoms in total. The number of carbonyl (C=O) groups excluding carboxylic acids is 1. The van der Waals surface area contributed by atoms with Crippen molar-refractivity contribution in [2.24, 2.45) is 0 Å². The molecule has 35 heavy (non-hydrogen) atoms. The van der Waals surface area contributed by atoms with Crippen LogP contribution in [0.25, 0.3) is 33.3 Å². The summed E-state index contributed by atoms with van der Waals surface area (Å²) < 4.78 is 10.7. The van der Waals surface area contributed by atoms with Gasteiger partial charge < -0.3 is 14.8 Å². The predicted molar refractivity (Wildman–Crippen MR) is 135 cm³/mol. The van der Waals surface area contributed by atoms with Crippen LogP contribution in [-0.2, 0) is 11.3 Å². The van der Waals surface area contributed by atoms with Gasteiger partial charge in [-0.05, 0) is 38.0 Å². The van der Waals surface area contributed by atoms with E-state index in [1.54, 1.807) is 12.3 Å². The topological polar surface area (TPSA) is 97.1 Å². The number of pyridine rings is 2. The smallest absolute Gasteiger partial charge is 0.407 e. The number of hydrogen-bond acceptors (Lipinski definition) is 6. The van der Waals surface area contributed by atoms with Gasteiger partial charge >= 0.3 is 6.09 Å². The van der Waals surface area contributed by atoms with Crippen molar-refractivity contribution in [1.29, 1.82) is 5.26 Å². The van der Waals surface area contributed by atoms with E-state index in [-0.39, 0.29) is 0 Å². The van der Waals surface area contributed by atoms with Gasteiger partial charge in [0.1, 0.15) is 11.7 Å². The second kappa shape index (κ2) is 9.82. The molecule has 0 aliphatic rings. The second-order valence-electron chi connectivity index (χ2n) is 8.95. The molecule has 4 rings (SSSR count). The molecule has 0 unspecified atom stereocenters. The van der Waals surface area contributed by atoms with Crippen molar-refractivity contribution in [2.75, 3.05) is 7.11 Å². The molecule has 0 bridgehead atoms. The van der Waals surface area contributed by atoms with Crippen LogP contribution in [0.5, 0.6) is 5.88 Å². The first-order valence-corrected chi connectivity index (χ1v) is 11.2. The maximum absolute atomic E-state index is 12.0. The highest BCUT2D eigenvalue weighted by Gasteiger charge is 2.21. The van der Waals surface area contributed by atoms with E-state index in [9.17, 15) is 10.1 Å². The van der Waals surface area contributed by atoms with Crippen molar-refractivity contribution in [1.82, 2.24) is 15.3 Å². The summed E-state index contributed by atoms with van der Waals surface area (Å²) in [5.41, 5.74) is 4.55. The molecule has 0 atom stereocenters. The summed E-state index contributed by atoms with van der Waals surface area (Å²) >= 11 is 0. The summed E-state index contributed by atoms with van der Waals surface area (Å²) in [6.45, 7) is 5.80. The molecule has 2 heterocycles. The number of carbonyl (C=O) groups is 1. The number of alkyl carbamates (subject to hydrolysis) is 1. The molecule has 0 saturated heterocycles. The van der Waals surface area contributed by atoms with Gasteiger partial charge in [0.2, 0.25) is 5.88 Å². The molecule has 1 N–H and O–H groups in total. The number of methoxy groups -OCH3 is 1. The Balaban J connectivity index is 1.78. The highest BCUT2D eigenvalue weighted by molar-refractivity contribution is 6.00. The maximum Gasteiger partial charge on any atom is 0.407 e. The third-order valence-corrected chi connectivity index (χ3v) is 5.29. The molecule has 1 amide bonds. The number of ether oxygens (including phenoxy) is 2. The highest BCUT2D eigenvalue weighted by atomic mass is 16.6. The molecular weight excluding hydrogens is 440 g/mol. The number of rotatable bonds is 5. The zero-order valence-corrected chi connectivity index (χ0v) is 20.1. The fourth-order valence-corrected chi connectivity index (χ4v) is 3.81. The quantitative estimate of drug-likeness (QED) is 0.395. The third kappa shape index (κ3) is 5.22. The number of fused-ring (bicyclic) bond motifs is 1. The van der Waals surface area contributed by atoms with Crippen LogP contribution < -0.4 is 10.1 Å². The van der Waals surface area contributed by atoms with E-state index in [1.807, 2.05) is 75.4 Å². The largest absolute Gasteiger partial charge is 0.480 e. The van der Waals surface area contributed by atoms with E-state index < -0.39 is 11.7 Å². The first kappa shape index (κ1) is 23.7. The molecule has 0 aliphatic carbocycles. The Morgan fingerprint density at radius 2 is 1.74 bits per heavy atom. The number of aromatic nitrogens is 2. The summed E-state index contributed by atoms with van der Waals surface area (Å²) in [5.74, 6) is 0.360. The summed E-state index contributed by atoms with van der Waals surface area (Å²) in [5, 5.41) is 13.6. The molecule has 4 aromatic rings. The number of hydrogen-bond donors (Lipinski definition) is 1. The van der Waals surface area contributed by atoms with Gasteiger partial charge in [0.05, 0.1) is 29.3 Å². The lowest BCUT2D eigenvalue weighted by atomic mass is 9.92. The first-order valence-electron chi connectivity index (χ1n) is 11.2. The van der Waals surface area contributed by atoms with Crippen LogP contribution in [-0.4, -0.2) is 28.8 Å². The molecule has 7 heteroatoms. The monoisotopic (exact) mass is 466 g/mol. The van der Waals surface area contributed by atoms with Gasteiger partial charge in [-0.2, -0.15) is 5.26 Å². The average molecular weight is 467 g/mol. The van der Waals surface area contributed by atoms with Crippen molar-refractivity contribution in [3.63, 3.8) is 0 Å². The van der Waals surface area contributed by atoms with Gasteiger partial charge in [0, 0.05) is 23.9 Å². The summed E-state index contributed by atoms with van der Waals surface area (Å²) in [4.78, 5) is 21.2. The second-order valence-corrected chi connectivity index (χ2v) is 8.95. The first-order chi connectivity index (χ1) is 16.8. The Bertz CT molecular complexity index is 1400. The fraction of sp³-hybridized carbons (Fsp3) is 0.214. The Labute approximate surface area is 204 Å². The summed E-state index contributed by atoms with van der Waals surface area (Å²) in [6, 6.07) is 21.5. The minimum absolute atomic E-state index is 0.332. The van der Waals surface area contributed by atoms with Crippen LogP contribution in [0, 0.1) is 11.3 Å². The lowest BCUT2D eigenvalue weighted by Crippen LogP contribution is -2.32. The molecule has 0 aliphatic heterocycles. The summed E-state index contributed by atoms with van der Waals surface area (Å²) in [6.07, 6.45) is 1.15. The molecular formula is C28H26N4O3. The predicted octanol–water partition coefficient (Wildman–Crippen LogP) is 5.87. The van der Waals surface area contributed by atoms with E-state index in [0.29, 0.717) is 40.1 Å². The van der Waals surface area contributed by atoms with Crippen molar-refractivity contribution in [3.05, 3.63) is 78.0 Å². The molecule has 2 aromatic carbocycles. The lowest BCUT2D eigenvalue weighted by molar-refractivity contribution is 0.0523. The number of amides is 1. The molecule has 0 fully saturated rings. The molecule has 0 spiro atoms. The van der Waals surface area contributed by atoms with Crippen molar-refractivity contribution in [3.8, 4) is 34.3 Å². The molecule has 0 saturated carbocycles. The maximum atomic E-state index is 12.0. The van der Waals surface area contributed by atoms with Gasteiger partial charge in [-0.3, -0.25) is 0 Å². The van der Waals surface area contributed by atoms with E-state index in [4.69, 9.17) is 14.5 Å². The van der Waals surface area contributed by atoms with Gasteiger partial charge in [0.25, 0.3) is 0 Å². The Morgan fingerprint density at radius 1 is 1.03 bits per heavy atom. The average Bonchev–Trinajstić information content (AvgIpc) is 2.85.